The van der Waals surface area contributed by atoms with Crippen LogP contribution >= 0.6 is 0 Å². The second-order valence-corrected chi connectivity index (χ2v) is 7.68. The summed E-state index contributed by atoms with van der Waals surface area (Å²) in [5.74, 6) is 3.14. The van der Waals surface area contributed by atoms with E-state index in [0.717, 1.165) is 24.1 Å². The van der Waals surface area contributed by atoms with Crippen LogP contribution in [0.25, 0.3) is 0 Å². The molecule has 2 saturated carbocycles. The van der Waals surface area contributed by atoms with Crippen molar-refractivity contribution in [2.24, 2.45) is 11.3 Å². The molecular formula is C16H25N3O. The lowest BCUT2D eigenvalue weighted by Gasteiger charge is -2.39. The van der Waals surface area contributed by atoms with Crippen molar-refractivity contribution < 1.29 is 4.52 Å². The van der Waals surface area contributed by atoms with E-state index in [-0.39, 0.29) is 6.04 Å². The topological polar surface area (TPSA) is 51.0 Å². The average molecular weight is 275 g/mol. The molecule has 1 N–H and O–H groups in total. The minimum Gasteiger partial charge on any atom is -0.338 e. The molecule has 3 fully saturated rings. The molecule has 0 amide bonds. The first-order valence-corrected chi connectivity index (χ1v) is 8.23. The molecule has 4 nitrogen and oxygen atoms in total. The average Bonchev–Trinajstić information content (AvgIpc) is 2.90. The molecule has 2 aliphatic carbocycles. The van der Waals surface area contributed by atoms with Gasteiger partial charge in [0.2, 0.25) is 5.89 Å². The van der Waals surface area contributed by atoms with Gasteiger partial charge in [0.15, 0.2) is 5.82 Å². The fourth-order valence-electron chi connectivity index (χ4n) is 4.13. The highest BCUT2D eigenvalue weighted by Crippen LogP contribution is 2.57. The molecule has 1 aromatic heterocycles. The van der Waals surface area contributed by atoms with Crippen molar-refractivity contribution in [3.8, 4) is 0 Å². The molecule has 20 heavy (non-hydrogen) atoms. The Morgan fingerprint density at radius 2 is 1.95 bits per heavy atom. The van der Waals surface area contributed by atoms with E-state index in [1.807, 2.05) is 0 Å². The van der Waals surface area contributed by atoms with Gasteiger partial charge >= 0.3 is 0 Å². The van der Waals surface area contributed by atoms with E-state index in [0.29, 0.717) is 17.4 Å². The zero-order valence-corrected chi connectivity index (χ0v) is 12.6. The van der Waals surface area contributed by atoms with Gasteiger partial charge in [-0.15, -0.1) is 0 Å². The van der Waals surface area contributed by atoms with Crippen LogP contribution in [0.4, 0.5) is 0 Å². The Labute approximate surface area is 120 Å². The van der Waals surface area contributed by atoms with E-state index in [9.17, 15) is 0 Å². The summed E-state index contributed by atoms with van der Waals surface area (Å²) < 4.78 is 5.55. The molecule has 4 unspecified atom stereocenters. The zero-order chi connectivity index (χ0) is 13.7. The smallest absolute Gasteiger partial charge is 0.243 e. The van der Waals surface area contributed by atoms with Crippen LogP contribution in [0.3, 0.4) is 0 Å². The van der Waals surface area contributed by atoms with Gasteiger partial charge in [-0.05, 0) is 43.4 Å². The van der Waals surface area contributed by atoms with Crippen molar-refractivity contribution in [3.63, 3.8) is 0 Å². The number of piperidine rings is 1. The van der Waals surface area contributed by atoms with Gasteiger partial charge in [-0.1, -0.05) is 31.8 Å². The van der Waals surface area contributed by atoms with Gasteiger partial charge < -0.3 is 9.84 Å². The van der Waals surface area contributed by atoms with E-state index in [4.69, 9.17) is 4.52 Å². The van der Waals surface area contributed by atoms with Crippen LogP contribution < -0.4 is 5.32 Å². The predicted octanol–water partition coefficient (Wildman–Crippen LogP) is 3.57. The lowest BCUT2D eigenvalue weighted by molar-refractivity contribution is 0.158. The molecule has 1 aromatic rings. The van der Waals surface area contributed by atoms with Gasteiger partial charge in [0, 0.05) is 12.0 Å². The van der Waals surface area contributed by atoms with Gasteiger partial charge in [-0.25, -0.2) is 0 Å². The monoisotopic (exact) mass is 275 g/mol. The van der Waals surface area contributed by atoms with E-state index in [1.165, 1.54) is 38.5 Å². The molecule has 1 aliphatic heterocycles. The molecular weight excluding hydrogens is 250 g/mol. The maximum Gasteiger partial charge on any atom is 0.243 e. The Hall–Kier alpha value is -0.900. The summed E-state index contributed by atoms with van der Waals surface area (Å²) in [4.78, 5) is 4.69. The Kier molecular flexibility index (Phi) is 2.92. The van der Waals surface area contributed by atoms with E-state index >= 15 is 0 Å². The lowest BCUT2D eigenvalue weighted by atomic mass is 9.78. The summed E-state index contributed by atoms with van der Waals surface area (Å²) in [7, 11) is 0. The predicted molar refractivity (Wildman–Crippen MR) is 76.3 cm³/mol. The van der Waals surface area contributed by atoms with Crippen LogP contribution in [0.1, 0.15) is 82.5 Å². The third-order valence-corrected chi connectivity index (χ3v) is 5.73. The normalized spacial score (nSPS) is 39.3. The van der Waals surface area contributed by atoms with Crippen molar-refractivity contribution in [2.45, 2.75) is 76.8 Å². The molecule has 0 radical (unpaired) electrons. The van der Waals surface area contributed by atoms with Gasteiger partial charge in [0.25, 0.3) is 0 Å². The van der Waals surface area contributed by atoms with Crippen LogP contribution in [0.5, 0.6) is 0 Å². The molecule has 4 heteroatoms. The summed E-state index contributed by atoms with van der Waals surface area (Å²) in [6, 6.07) is 0.965. The Morgan fingerprint density at radius 3 is 2.75 bits per heavy atom. The van der Waals surface area contributed by atoms with E-state index in [2.05, 4.69) is 29.3 Å². The second kappa shape index (κ2) is 4.55. The molecule has 0 bridgehead atoms. The van der Waals surface area contributed by atoms with Crippen molar-refractivity contribution in [2.75, 3.05) is 0 Å². The maximum atomic E-state index is 5.55. The van der Waals surface area contributed by atoms with Crippen LogP contribution in [-0.2, 0) is 0 Å². The second-order valence-electron chi connectivity index (χ2n) is 7.68. The number of nitrogens with zero attached hydrogens (tertiary/aromatic N) is 2. The number of rotatable bonds is 2. The summed E-state index contributed by atoms with van der Waals surface area (Å²) in [6.45, 7) is 4.55. The minimum atomic E-state index is 0.289. The fraction of sp³-hybridized carbons (Fsp3) is 0.875. The molecule has 0 spiro atoms. The Morgan fingerprint density at radius 1 is 1.15 bits per heavy atom. The number of aromatic nitrogens is 2. The lowest BCUT2D eigenvalue weighted by Crippen LogP contribution is -2.44. The highest BCUT2D eigenvalue weighted by molar-refractivity contribution is 5.15. The van der Waals surface area contributed by atoms with Gasteiger partial charge in [-0.3, -0.25) is 0 Å². The highest BCUT2D eigenvalue weighted by Gasteiger charge is 2.49. The summed E-state index contributed by atoms with van der Waals surface area (Å²) in [5.41, 5.74) is 0.371. The van der Waals surface area contributed by atoms with Crippen molar-refractivity contribution >= 4 is 0 Å². The van der Waals surface area contributed by atoms with Gasteiger partial charge in [0.05, 0.1) is 6.04 Å². The van der Waals surface area contributed by atoms with Crippen molar-refractivity contribution in [1.82, 2.24) is 15.5 Å². The number of hydrogen-bond acceptors (Lipinski definition) is 4. The summed E-state index contributed by atoms with van der Waals surface area (Å²) in [5, 5.41) is 8.00. The van der Waals surface area contributed by atoms with Crippen LogP contribution in [0, 0.1) is 11.3 Å². The first-order chi connectivity index (χ1) is 9.63. The van der Waals surface area contributed by atoms with Crippen molar-refractivity contribution in [3.05, 3.63) is 11.7 Å². The minimum absolute atomic E-state index is 0.289. The van der Waals surface area contributed by atoms with Crippen LogP contribution in [0.15, 0.2) is 4.52 Å². The zero-order valence-electron chi connectivity index (χ0n) is 12.6. The van der Waals surface area contributed by atoms with E-state index in [1.54, 1.807) is 0 Å². The third kappa shape index (κ3) is 2.18. The molecule has 0 aromatic carbocycles. The molecule has 3 aliphatic rings. The first kappa shape index (κ1) is 12.8. The number of nitrogens with one attached hydrogen (secondary N) is 1. The first-order valence-electron chi connectivity index (χ1n) is 8.23. The van der Waals surface area contributed by atoms with Crippen LogP contribution in [-0.4, -0.2) is 16.2 Å². The third-order valence-electron chi connectivity index (χ3n) is 5.73. The maximum absolute atomic E-state index is 5.55. The molecule has 4 rings (SSSR count). The number of hydrogen-bond donors (Lipinski definition) is 1. The standard InChI is InChI=1S/C16H25N3O/c1-16(2)9-11(16)14-18-15(20-19-14)13-8-7-10-5-3-4-6-12(10)17-13/h10-13,17H,3-9H2,1-2H3. The van der Waals surface area contributed by atoms with E-state index < -0.39 is 0 Å². The largest absolute Gasteiger partial charge is 0.338 e. The van der Waals surface area contributed by atoms with Gasteiger partial charge in [-0.2, -0.15) is 4.98 Å². The number of fused-ring (bicyclic) bond motifs is 1. The quantitative estimate of drug-likeness (QED) is 0.896. The fourth-order valence-corrected chi connectivity index (χ4v) is 4.13. The Bertz CT molecular complexity index is 496. The van der Waals surface area contributed by atoms with Gasteiger partial charge in [0.1, 0.15) is 0 Å². The molecule has 4 atom stereocenters. The highest BCUT2D eigenvalue weighted by atomic mass is 16.5. The SMILES string of the molecule is CC1(C)CC1c1noc(C2CCC3CCCCC3N2)n1. The molecule has 110 valence electrons. The summed E-state index contributed by atoms with van der Waals surface area (Å²) in [6.07, 6.45) is 9.15. The molecule has 1 saturated heterocycles. The van der Waals surface area contributed by atoms with Crippen LogP contribution in [0.2, 0.25) is 0 Å². The van der Waals surface area contributed by atoms with Crippen molar-refractivity contribution in [1.29, 1.82) is 0 Å². The molecule has 2 heterocycles. The Balaban J connectivity index is 1.45. The summed E-state index contributed by atoms with van der Waals surface area (Å²) >= 11 is 0.